The molecule has 0 radical (unpaired) electrons. The van der Waals surface area contributed by atoms with Gasteiger partial charge in [-0.3, -0.25) is 4.79 Å². The van der Waals surface area contributed by atoms with Crippen LogP contribution in [0.3, 0.4) is 0 Å². The molecule has 0 spiro atoms. The van der Waals surface area contributed by atoms with Crippen molar-refractivity contribution in [3.05, 3.63) is 35.4 Å². The summed E-state index contributed by atoms with van der Waals surface area (Å²) in [5, 5.41) is 0. The van der Waals surface area contributed by atoms with Gasteiger partial charge in [-0.1, -0.05) is 31.2 Å². The Kier molecular flexibility index (Phi) is 4.44. The second-order valence-electron chi connectivity index (χ2n) is 6.69. The molecule has 1 aromatic carbocycles. The minimum atomic E-state index is 0.169. The van der Waals surface area contributed by atoms with E-state index in [4.69, 9.17) is 4.74 Å². The normalized spacial score (nSPS) is 32.8. The lowest BCUT2D eigenvalue weighted by Gasteiger charge is -2.32. The van der Waals surface area contributed by atoms with E-state index in [-0.39, 0.29) is 11.8 Å². The Bertz CT molecular complexity index is 483. The monoisotopic (exact) mass is 286 g/mol. The maximum Gasteiger partial charge on any atom is 0.143 e. The second kappa shape index (κ2) is 6.31. The van der Waals surface area contributed by atoms with E-state index in [9.17, 15) is 4.79 Å². The van der Waals surface area contributed by atoms with Crippen molar-refractivity contribution in [1.29, 1.82) is 0 Å². The fourth-order valence-corrected chi connectivity index (χ4v) is 3.87. The Labute approximate surface area is 127 Å². The van der Waals surface area contributed by atoms with E-state index in [2.05, 4.69) is 31.2 Å². The van der Waals surface area contributed by atoms with Crippen LogP contribution in [-0.2, 0) is 9.53 Å². The molecule has 0 aromatic heterocycles. The maximum absolute atomic E-state index is 11.8. The van der Waals surface area contributed by atoms with Crippen molar-refractivity contribution in [3.63, 3.8) is 0 Å². The number of ether oxygens (including phenoxy) is 1. The molecule has 2 heteroatoms. The van der Waals surface area contributed by atoms with Gasteiger partial charge in [-0.25, -0.2) is 0 Å². The average molecular weight is 286 g/mol. The first kappa shape index (κ1) is 14.8. The SMILES string of the molecule is CCOC1CCC(c2ccc(C3CC(C)C3=O)cc2)CC1. The van der Waals surface area contributed by atoms with Crippen molar-refractivity contribution in [3.8, 4) is 0 Å². The summed E-state index contributed by atoms with van der Waals surface area (Å²) >= 11 is 0. The fourth-order valence-electron chi connectivity index (χ4n) is 3.87. The number of ketones is 1. The van der Waals surface area contributed by atoms with Crippen LogP contribution in [0.2, 0.25) is 0 Å². The number of rotatable bonds is 4. The number of Topliss-reactive ketones (excluding diaryl/α,β-unsaturated/α-hetero) is 1. The number of benzene rings is 1. The first-order valence-corrected chi connectivity index (χ1v) is 8.44. The fraction of sp³-hybridized carbons (Fsp3) is 0.632. The first-order valence-electron chi connectivity index (χ1n) is 8.44. The average Bonchev–Trinajstić information content (AvgIpc) is 2.53. The molecule has 2 atom stereocenters. The van der Waals surface area contributed by atoms with Crippen LogP contribution in [0, 0.1) is 5.92 Å². The second-order valence-corrected chi connectivity index (χ2v) is 6.69. The summed E-state index contributed by atoms with van der Waals surface area (Å²) in [5.74, 6) is 1.53. The van der Waals surface area contributed by atoms with Gasteiger partial charge < -0.3 is 4.74 Å². The molecular weight excluding hydrogens is 260 g/mol. The Balaban J connectivity index is 1.59. The molecule has 0 N–H and O–H groups in total. The van der Waals surface area contributed by atoms with Crippen LogP contribution in [0.1, 0.15) is 68.9 Å². The molecule has 0 amide bonds. The molecule has 0 saturated heterocycles. The summed E-state index contributed by atoms with van der Waals surface area (Å²) in [6.07, 6.45) is 6.31. The third-order valence-electron chi connectivity index (χ3n) is 5.31. The predicted molar refractivity (Wildman–Crippen MR) is 84.6 cm³/mol. The molecule has 114 valence electrons. The van der Waals surface area contributed by atoms with Gasteiger partial charge >= 0.3 is 0 Å². The quantitative estimate of drug-likeness (QED) is 0.818. The summed E-state index contributed by atoms with van der Waals surface area (Å²) < 4.78 is 5.72. The van der Waals surface area contributed by atoms with Crippen LogP contribution in [-0.4, -0.2) is 18.5 Å². The molecule has 2 aliphatic carbocycles. The zero-order chi connectivity index (χ0) is 14.8. The van der Waals surface area contributed by atoms with E-state index >= 15 is 0 Å². The van der Waals surface area contributed by atoms with E-state index in [0.29, 0.717) is 17.8 Å². The number of hydrogen-bond donors (Lipinski definition) is 0. The highest BCUT2D eigenvalue weighted by molar-refractivity contribution is 5.93. The molecule has 1 aromatic rings. The predicted octanol–water partition coefficient (Wildman–Crippen LogP) is 4.44. The lowest BCUT2D eigenvalue weighted by Crippen LogP contribution is -2.33. The van der Waals surface area contributed by atoms with Gasteiger partial charge in [0, 0.05) is 18.4 Å². The van der Waals surface area contributed by atoms with Crippen molar-refractivity contribution < 1.29 is 9.53 Å². The van der Waals surface area contributed by atoms with Crippen molar-refractivity contribution in [1.82, 2.24) is 0 Å². The van der Waals surface area contributed by atoms with E-state index in [1.807, 2.05) is 6.92 Å². The van der Waals surface area contributed by atoms with Crippen LogP contribution < -0.4 is 0 Å². The van der Waals surface area contributed by atoms with Crippen molar-refractivity contribution >= 4 is 5.78 Å². The molecular formula is C19H26O2. The zero-order valence-corrected chi connectivity index (χ0v) is 13.2. The molecule has 0 bridgehead atoms. The van der Waals surface area contributed by atoms with E-state index in [1.165, 1.54) is 36.8 Å². The Hall–Kier alpha value is -1.15. The van der Waals surface area contributed by atoms with Gasteiger partial charge in [0.25, 0.3) is 0 Å². The van der Waals surface area contributed by atoms with Gasteiger partial charge in [0.05, 0.1) is 6.10 Å². The largest absolute Gasteiger partial charge is 0.379 e. The molecule has 2 fully saturated rings. The van der Waals surface area contributed by atoms with Gasteiger partial charge in [-0.05, 0) is 56.1 Å². The Morgan fingerprint density at radius 2 is 1.67 bits per heavy atom. The molecule has 3 rings (SSSR count). The molecule has 0 heterocycles. The van der Waals surface area contributed by atoms with Crippen LogP contribution in [0.25, 0.3) is 0 Å². The van der Waals surface area contributed by atoms with E-state index in [1.54, 1.807) is 0 Å². The van der Waals surface area contributed by atoms with Gasteiger partial charge in [-0.15, -0.1) is 0 Å². The maximum atomic E-state index is 11.8. The minimum Gasteiger partial charge on any atom is -0.379 e. The highest BCUT2D eigenvalue weighted by atomic mass is 16.5. The van der Waals surface area contributed by atoms with Crippen molar-refractivity contribution in [2.24, 2.45) is 5.92 Å². The summed E-state index contributed by atoms with van der Waals surface area (Å²) in [4.78, 5) is 11.8. The summed E-state index contributed by atoms with van der Waals surface area (Å²) in [7, 11) is 0. The first-order chi connectivity index (χ1) is 10.2. The molecule has 2 unspecified atom stereocenters. The number of hydrogen-bond acceptors (Lipinski definition) is 2. The Morgan fingerprint density at radius 1 is 1.05 bits per heavy atom. The van der Waals surface area contributed by atoms with Crippen molar-refractivity contribution in [2.45, 2.75) is 63.9 Å². The van der Waals surface area contributed by atoms with Gasteiger partial charge in [0.1, 0.15) is 5.78 Å². The molecule has 2 nitrogen and oxygen atoms in total. The number of carbonyl (C=O) groups excluding carboxylic acids is 1. The van der Waals surface area contributed by atoms with Crippen LogP contribution in [0.5, 0.6) is 0 Å². The highest BCUT2D eigenvalue weighted by Crippen LogP contribution is 2.39. The minimum absolute atomic E-state index is 0.169. The van der Waals surface area contributed by atoms with E-state index < -0.39 is 0 Å². The van der Waals surface area contributed by atoms with Crippen molar-refractivity contribution in [2.75, 3.05) is 6.61 Å². The number of carbonyl (C=O) groups is 1. The summed E-state index contributed by atoms with van der Waals surface area (Å²) in [5.41, 5.74) is 2.65. The van der Waals surface area contributed by atoms with Gasteiger partial charge in [-0.2, -0.15) is 0 Å². The highest BCUT2D eigenvalue weighted by Gasteiger charge is 2.36. The van der Waals surface area contributed by atoms with Gasteiger partial charge in [0.15, 0.2) is 0 Å². The van der Waals surface area contributed by atoms with Crippen LogP contribution in [0.4, 0.5) is 0 Å². The molecule has 2 saturated carbocycles. The van der Waals surface area contributed by atoms with E-state index in [0.717, 1.165) is 13.0 Å². The summed E-state index contributed by atoms with van der Waals surface area (Å²) in [6.45, 7) is 4.94. The zero-order valence-electron chi connectivity index (χ0n) is 13.2. The summed E-state index contributed by atoms with van der Waals surface area (Å²) in [6, 6.07) is 8.85. The van der Waals surface area contributed by atoms with Gasteiger partial charge in [0.2, 0.25) is 0 Å². The standard InChI is InChI=1S/C19H26O2/c1-3-21-17-10-8-15(9-11-17)14-4-6-16(7-5-14)18-12-13(2)19(18)20/h4-7,13,15,17-18H,3,8-12H2,1-2H3. The molecule has 2 aliphatic rings. The lowest BCUT2D eigenvalue weighted by atomic mass is 9.71. The molecule has 21 heavy (non-hydrogen) atoms. The topological polar surface area (TPSA) is 26.3 Å². The smallest absolute Gasteiger partial charge is 0.143 e. The Morgan fingerprint density at radius 3 is 2.19 bits per heavy atom. The molecule has 0 aliphatic heterocycles. The lowest BCUT2D eigenvalue weighted by molar-refractivity contribution is -0.130. The third kappa shape index (κ3) is 3.06. The third-order valence-corrected chi connectivity index (χ3v) is 5.31. The van der Waals surface area contributed by atoms with Crippen LogP contribution >= 0.6 is 0 Å². The van der Waals surface area contributed by atoms with Crippen LogP contribution in [0.15, 0.2) is 24.3 Å².